The Labute approximate surface area is 176 Å². The van der Waals surface area contributed by atoms with E-state index in [2.05, 4.69) is 20.2 Å². The van der Waals surface area contributed by atoms with E-state index in [-0.39, 0.29) is 5.91 Å². The Bertz CT molecular complexity index is 1150. The molecule has 5 rings (SSSR count). The Morgan fingerprint density at radius 3 is 2.59 bits per heavy atom. The summed E-state index contributed by atoms with van der Waals surface area (Å²) in [6.45, 7) is 2.64. The van der Waals surface area contributed by atoms with Crippen LogP contribution < -0.4 is 4.90 Å². The molecule has 1 aromatic carbocycles. The van der Waals surface area contributed by atoms with Gasteiger partial charge < -0.3 is 14.2 Å². The van der Waals surface area contributed by atoms with Crippen molar-refractivity contribution in [1.29, 1.82) is 0 Å². The van der Waals surface area contributed by atoms with E-state index < -0.39 is 0 Å². The third kappa shape index (κ3) is 3.36. The maximum absolute atomic E-state index is 12.5. The second-order valence-corrected chi connectivity index (χ2v) is 8.08. The number of nitrogens with zero attached hydrogens (tertiary/aromatic N) is 4. The first kappa shape index (κ1) is 18.1. The number of rotatable bonds is 3. The maximum Gasteiger partial charge on any atom is 0.289 e. The molecule has 6 nitrogen and oxygen atoms in total. The Morgan fingerprint density at radius 1 is 1.07 bits per heavy atom. The number of fused-ring (bicyclic) bond motifs is 1. The number of amides is 1. The van der Waals surface area contributed by atoms with E-state index in [9.17, 15) is 4.79 Å². The normalized spacial score (nSPS) is 14.5. The summed E-state index contributed by atoms with van der Waals surface area (Å²) in [7, 11) is 0. The van der Waals surface area contributed by atoms with Crippen LogP contribution in [0.1, 0.15) is 10.6 Å². The van der Waals surface area contributed by atoms with E-state index in [1.807, 2.05) is 29.2 Å². The SMILES string of the molecule is O=C(c1ccco1)N1CCN(c2ncnc3scc(-c4ccc(Cl)cc4)c23)CC1. The molecule has 3 aromatic heterocycles. The number of furan rings is 1. The van der Waals surface area contributed by atoms with Gasteiger partial charge in [-0.15, -0.1) is 11.3 Å². The minimum Gasteiger partial charge on any atom is -0.459 e. The van der Waals surface area contributed by atoms with Crippen molar-refractivity contribution < 1.29 is 9.21 Å². The van der Waals surface area contributed by atoms with Gasteiger partial charge in [-0.2, -0.15) is 0 Å². The molecule has 0 unspecified atom stereocenters. The first-order chi connectivity index (χ1) is 14.2. The Hall–Kier alpha value is -2.90. The first-order valence-electron chi connectivity index (χ1n) is 9.26. The Kier molecular flexibility index (Phi) is 4.69. The number of carbonyl (C=O) groups excluding carboxylic acids is 1. The molecule has 8 heteroatoms. The fourth-order valence-corrected chi connectivity index (χ4v) is 4.65. The topological polar surface area (TPSA) is 62.5 Å². The maximum atomic E-state index is 12.5. The third-order valence-electron chi connectivity index (χ3n) is 5.10. The van der Waals surface area contributed by atoms with Crippen LogP contribution in [-0.4, -0.2) is 47.0 Å². The molecule has 0 saturated carbocycles. The summed E-state index contributed by atoms with van der Waals surface area (Å²) >= 11 is 7.66. The van der Waals surface area contributed by atoms with Crippen molar-refractivity contribution in [2.24, 2.45) is 0 Å². The molecule has 0 spiro atoms. The summed E-state index contributed by atoms with van der Waals surface area (Å²) in [6.07, 6.45) is 3.14. The zero-order valence-electron chi connectivity index (χ0n) is 15.4. The molecule has 0 radical (unpaired) electrons. The molecule has 1 amide bonds. The van der Waals surface area contributed by atoms with Gasteiger partial charge in [-0.3, -0.25) is 4.79 Å². The molecular formula is C21H17ClN4O2S. The van der Waals surface area contributed by atoms with Gasteiger partial charge in [0, 0.05) is 42.1 Å². The lowest BCUT2D eigenvalue weighted by molar-refractivity contribution is 0.0714. The molecule has 1 saturated heterocycles. The molecule has 1 aliphatic heterocycles. The lowest BCUT2D eigenvalue weighted by Gasteiger charge is -2.35. The molecule has 0 atom stereocenters. The molecule has 0 aliphatic carbocycles. The van der Waals surface area contributed by atoms with Crippen LogP contribution in [0.4, 0.5) is 5.82 Å². The van der Waals surface area contributed by atoms with Crippen molar-refractivity contribution >= 4 is 44.9 Å². The van der Waals surface area contributed by atoms with Crippen LogP contribution in [-0.2, 0) is 0 Å². The highest BCUT2D eigenvalue weighted by atomic mass is 35.5. The van der Waals surface area contributed by atoms with Crippen LogP contribution in [0, 0.1) is 0 Å². The van der Waals surface area contributed by atoms with E-state index in [1.165, 1.54) is 6.26 Å². The molecule has 0 bridgehead atoms. The van der Waals surface area contributed by atoms with E-state index in [4.69, 9.17) is 16.0 Å². The zero-order valence-corrected chi connectivity index (χ0v) is 17.0. The van der Waals surface area contributed by atoms with Crippen LogP contribution in [0.15, 0.2) is 58.8 Å². The number of hydrogen-bond acceptors (Lipinski definition) is 6. The van der Waals surface area contributed by atoms with Crippen LogP contribution in [0.2, 0.25) is 5.02 Å². The Morgan fingerprint density at radius 2 is 1.86 bits per heavy atom. The van der Waals surface area contributed by atoms with Gasteiger partial charge in [-0.25, -0.2) is 9.97 Å². The van der Waals surface area contributed by atoms with E-state index in [0.717, 1.165) is 27.2 Å². The summed E-state index contributed by atoms with van der Waals surface area (Å²) in [5.74, 6) is 1.22. The molecule has 0 N–H and O–H groups in total. The molecule has 4 heterocycles. The average Bonchev–Trinajstić information content (AvgIpc) is 3.44. The molecule has 1 fully saturated rings. The first-order valence-corrected chi connectivity index (χ1v) is 10.5. The van der Waals surface area contributed by atoms with Crippen molar-refractivity contribution in [3.63, 3.8) is 0 Å². The average molecular weight is 425 g/mol. The van der Waals surface area contributed by atoms with Crippen molar-refractivity contribution in [1.82, 2.24) is 14.9 Å². The monoisotopic (exact) mass is 424 g/mol. The highest BCUT2D eigenvalue weighted by molar-refractivity contribution is 7.17. The van der Waals surface area contributed by atoms with E-state index in [1.54, 1.807) is 29.8 Å². The van der Waals surface area contributed by atoms with Gasteiger partial charge in [0.25, 0.3) is 5.91 Å². The second kappa shape index (κ2) is 7.50. The van der Waals surface area contributed by atoms with E-state index >= 15 is 0 Å². The van der Waals surface area contributed by atoms with Crippen molar-refractivity contribution in [3.8, 4) is 11.1 Å². The van der Waals surface area contributed by atoms with Gasteiger partial charge in [-0.1, -0.05) is 23.7 Å². The number of thiophene rings is 1. The smallest absolute Gasteiger partial charge is 0.289 e. The fourth-order valence-electron chi connectivity index (χ4n) is 3.62. The standard InChI is InChI=1S/C21H17ClN4O2S/c22-15-5-3-14(4-6-15)16-12-29-20-18(16)19(23-13-24-20)25-7-9-26(10-8-25)21(27)17-2-1-11-28-17/h1-6,11-13H,7-10H2. The predicted molar refractivity (Wildman–Crippen MR) is 115 cm³/mol. The molecule has 146 valence electrons. The van der Waals surface area contributed by atoms with Gasteiger partial charge in [-0.05, 0) is 29.8 Å². The number of piperazine rings is 1. The van der Waals surface area contributed by atoms with Crippen molar-refractivity contribution in [2.45, 2.75) is 0 Å². The summed E-state index contributed by atoms with van der Waals surface area (Å²) in [4.78, 5) is 26.6. The largest absolute Gasteiger partial charge is 0.459 e. The number of carbonyl (C=O) groups is 1. The molecule has 1 aliphatic rings. The molecule has 29 heavy (non-hydrogen) atoms. The van der Waals surface area contributed by atoms with Gasteiger partial charge >= 0.3 is 0 Å². The van der Waals surface area contributed by atoms with Crippen molar-refractivity contribution in [3.05, 3.63) is 65.2 Å². The Balaban J connectivity index is 1.43. The number of anilines is 1. The summed E-state index contributed by atoms with van der Waals surface area (Å²) in [5.41, 5.74) is 2.19. The lowest BCUT2D eigenvalue weighted by Crippen LogP contribution is -2.49. The van der Waals surface area contributed by atoms with Crippen LogP contribution in [0.5, 0.6) is 0 Å². The number of halogens is 1. The summed E-state index contributed by atoms with van der Waals surface area (Å²) in [6, 6.07) is 11.2. The molecule has 4 aromatic rings. The lowest BCUT2D eigenvalue weighted by atomic mass is 10.1. The predicted octanol–water partition coefficient (Wildman–Crippen LogP) is 4.57. The van der Waals surface area contributed by atoms with Crippen LogP contribution >= 0.6 is 22.9 Å². The number of benzene rings is 1. The summed E-state index contributed by atoms with van der Waals surface area (Å²) < 4.78 is 5.25. The van der Waals surface area contributed by atoms with Gasteiger partial charge in [0.1, 0.15) is 17.0 Å². The third-order valence-corrected chi connectivity index (χ3v) is 6.24. The van der Waals surface area contributed by atoms with Crippen LogP contribution in [0.3, 0.4) is 0 Å². The second-order valence-electron chi connectivity index (χ2n) is 6.79. The minimum atomic E-state index is -0.0696. The highest BCUT2D eigenvalue weighted by Gasteiger charge is 2.26. The fraction of sp³-hybridized carbons (Fsp3) is 0.190. The van der Waals surface area contributed by atoms with Gasteiger partial charge in [0.05, 0.1) is 11.6 Å². The summed E-state index contributed by atoms with van der Waals surface area (Å²) in [5, 5.41) is 3.87. The highest BCUT2D eigenvalue weighted by Crippen LogP contribution is 2.38. The van der Waals surface area contributed by atoms with Gasteiger partial charge in [0.15, 0.2) is 5.76 Å². The number of aromatic nitrogens is 2. The number of hydrogen-bond donors (Lipinski definition) is 0. The van der Waals surface area contributed by atoms with Crippen molar-refractivity contribution in [2.75, 3.05) is 31.1 Å². The zero-order chi connectivity index (χ0) is 19.8. The van der Waals surface area contributed by atoms with Gasteiger partial charge in [0.2, 0.25) is 0 Å². The minimum absolute atomic E-state index is 0.0696. The molecular weight excluding hydrogens is 408 g/mol. The quantitative estimate of drug-likeness (QED) is 0.482. The van der Waals surface area contributed by atoms with E-state index in [0.29, 0.717) is 37.0 Å². The van der Waals surface area contributed by atoms with Crippen LogP contribution in [0.25, 0.3) is 21.3 Å².